The number of non-ortho nitro benzene ring substituents is 1. The number of carbonyl (C=O) groups excluding carboxylic acids is 1. The Morgan fingerprint density at radius 3 is 2.95 bits per heavy atom. The van der Waals surface area contributed by atoms with Gasteiger partial charge in [-0.2, -0.15) is 0 Å². The highest BCUT2D eigenvalue weighted by Gasteiger charge is 2.18. The lowest BCUT2D eigenvalue weighted by Crippen LogP contribution is -2.43. The van der Waals surface area contributed by atoms with Gasteiger partial charge in [-0.05, 0) is 25.5 Å². The molecule has 2 N–H and O–H groups in total. The lowest BCUT2D eigenvalue weighted by Gasteiger charge is -2.23. The van der Waals surface area contributed by atoms with Crippen molar-refractivity contribution in [3.8, 4) is 0 Å². The van der Waals surface area contributed by atoms with Crippen LogP contribution in [0.3, 0.4) is 0 Å². The number of nitrogens with zero attached hydrogens (tertiary/aromatic N) is 1. The van der Waals surface area contributed by atoms with Crippen LogP contribution in [-0.2, 0) is 0 Å². The molecule has 6 nitrogen and oxygen atoms in total. The Bertz CT molecular complexity index is 516. The molecule has 0 bridgehead atoms. The molecule has 0 spiro atoms. The minimum absolute atomic E-state index is 0.175. The van der Waals surface area contributed by atoms with Crippen molar-refractivity contribution in [1.29, 1.82) is 0 Å². The Labute approximate surface area is 115 Å². The minimum atomic E-state index is -0.760. The molecule has 0 saturated carbocycles. The van der Waals surface area contributed by atoms with Crippen molar-refractivity contribution in [2.75, 3.05) is 13.1 Å². The molecule has 0 aromatic heterocycles. The number of nitro benzene ring substituents is 1. The maximum Gasteiger partial charge on any atom is 0.270 e. The van der Waals surface area contributed by atoms with Crippen LogP contribution >= 0.6 is 0 Å². The fourth-order valence-corrected chi connectivity index (χ4v) is 2.21. The molecule has 1 aromatic carbocycles. The maximum atomic E-state index is 13.5. The topological polar surface area (TPSA) is 84.3 Å². The predicted molar refractivity (Wildman–Crippen MR) is 71.0 cm³/mol. The Balaban J connectivity index is 2.00. The molecule has 1 atom stereocenters. The molecule has 20 heavy (non-hydrogen) atoms. The van der Waals surface area contributed by atoms with Crippen LogP contribution in [0.2, 0.25) is 0 Å². The van der Waals surface area contributed by atoms with E-state index in [-0.39, 0.29) is 17.3 Å². The molecule has 0 aliphatic carbocycles. The van der Waals surface area contributed by atoms with Crippen LogP contribution in [-0.4, -0.2) is 30.0 Å². The SMILES string of the molecule is O=C(NCC1CCCCN1)c1cc([N+](=O)[O-])ccc1F. The van der Waals surface area contributed by atoms with E-state index in [4.69, 9.17) is 0 Å². The summed E-state index contributed by atoms with van der Waals surface area (Å²) in [5, 5.41) is 16.5. The van der Waals surface area contributed by atoms with Gasteiger partial charge in [0, 0.05) is 24.7 Å². The summed E-state index contributed by atoms with van der Waals surface area (Å²) in [6.45, 7) is 1.30. The van der Waals surface area contributed by atoms with Gasteiger partial charge in [0.1, 0.15) is 5.82 Å². The lowest BCUT2D eigenvalue weighted by atomic mass is 10.0. The zero-order valence-electron chi connectivity index (χ0n) is 10.9. The lowest BCUT2D eigenvalue weighted by molar-refractivity contribution is -0.384. The molecule has 1 aromatic rings. The van der Waals surface area contributed by atoms with Gasteiger partial charge in [0.05, 0.1) is 10.5 Å². The molecule has 1 amide bonds. The number of nitrogens with one attached hydrogen (secondary N) is 2. The molecule has 2 rings (SSSR count). The number of piperidine rings is 1. The average Bonchev–Trinajstić information content (AvgIpc) is 2.46. The van der Waals surface area contributed by atoms with E-state index >= 15 is 0 Å². The van der Waals surface area contributed by atoms with Crippen molar-refractivity contribution < 1.29 is 14.1 Å². The molecule has 1 heterocycles. The van der Waals surface area contributed by atoms with Gasteiger partial charge in [-0.3, -0.25) is 14.9 Å². The van der Waals surface area contributed by atoms with Gasteiger partial charge in [0.15, 0.2) is 0 Å². The van der Waals surface area contributed by atoms with Gasteiger partial charge in [-0.15, -0.1) is 0 Å². The molecule has 1 aliphatic heterocycles. The second-order valence-corrected chi connectivity index (χ2v) is 4.78. The van der Waals surface area contributed by atoms with E-state index in [2.05, 4.69) is 10.6 Å². The first-order valence-electron chi connectivity index (χ1n) is 6.53. The average molecular weight is 281 g/mol. The normalized spacial score (nSPS) is 18.6. The maximum absolute atomic E-state index is 13.5. The van der Waals surface area contributed by atoms with Crippen molar-refractivity contribution in [1.82, 2.24) is 10.6 Å². The summed E-state index contributed by atoms with van der Waals surface area (Å²) in [5.41, 5.74) is -0.595. The van der Waals surface area contributed by atoms with Crippen LogP contribution in [0.5, 0.6) is 0 Å². The van der Waals surface area contributed by atoms with E-state index in [0.717, 1.165) is 44.0 Å². The quantitative estimate of drug-likeness (QED) is 0.648. The third-order valence-corrected chi connectivity index (χ3v) is 3.33. The molecule has 108 valence electrons. The summed E-state index contributed by atoms with van der Waals surface area (Å²) in [6.07, 6.45) is 3.17. The minimum Gasteiger partial charge on any atom is -0.350 e. The van der Waals surface area contributed by atoms with Crippen molar-refractivity contribution in [3.05, 3.63) is 39.7 Å². The Kier molecular flexibility index (Phi) is 4.62. The van der Waals surface area contributed by atoms with E-state index < -0.39 is 16.6 Å². The van der Waals surface area contributed by atoms with E-state index in [9.17, 15) is 19.3 Å². The number of hydrogen-bond acceptors (Lipinski definition) is 4. The fraction of sp³-hybridized carbons (Fsp3) is 0.462. The standard InChI is InChI=1S/C13H16FN3O3/c14-12-5-4-10(17(19)20)7-11(12)13(18)16-8-9-3-1-2-6-15-9/h4-5,7,9,15H,1-3,6,8H2,(H,16,18). The molecular weight excluding hydrogens is 265 g/mol. The van der Waals surface area contributed by atoms with Crippen LogP contribution in [0.4, 0.5) is 10.1 Å². The van der Waals surface area contributed by atoms with Gasteiger partial charge in [0.2, 0.25) is 0 Å². The second kappa shape index (κ2) is 6.42. The first kappa shape index (κ1) is 14.4. The number of benzene rings is 1. The van der Waals surface area contributed by atoms with Crippen LogP contribution < -0.4 is 10.6 Å². The highest BCUT2D eigenvalue weighted by molar-refractivity contribution is 5.95. The number of carbonyl (C=O) groups is 1. The van der Waals surface area contributed by atoms with Gasteiger partial charge < -0.3 is 10.6 Å². The van der Waals surface area contributed by atoms with E-state index in [1.807, 2.05) is 0 Å². The Morgan fingerprint density at radius 2 is 2.30 bits per heavy atom. The van der Waals surface area contributed by atoms with E-state index in [0.29, 0.717) is 6.54 Å². The smallest absolute Gasteiger partial charge is 0.270 e. The summed E-state index contributed by atoms with van der Waals surface area (Å²) in [4.78, 5) is 21.9. The molecule has 1 aliphatic rings. The Morgan fingerprint density at radius 1 is 1.50 bits per heavy atom. The molecule has 7 heteroatoms. The van der Waals surface area contributed by atoms with Crippen LogP contribution in [0, 0.1) is 15.9 Å². The summed E-state index contributed by atoms with van der Waals surface area (Å²) in [6, 6.07) is 3.11. The largest absolute Gasteiger partial charge is 0.350 e. The zero-order valence-corrected chi connectivity index (χ0v) is 10.9. The van der Waals surface area contributed by atoms with Gasteiger partial charge in [-0.1, -0.05) is 6.42 Å². The molecule has 0 radical (unpaired) electrons. The number of halogens is 1. The fourth-order valence-electron chi connectivity index (χ4n) is 2.21. The first-order valence-corrected chi connectivity index (χ1v) is 6.53. The number of amides is 1. The third-order valence-electron chi connectivity index (χ3n) is 3.33. The van der Waals surface area contributed by atoms with Crippen molar-refractivity contribution in [3.63, 3.8) is 0 Å². The highest BCUT2D eigenvalue weighted by atomic mass is 19.1. The Hall–Kier alpha value is -2.02. The highest BCUT2D eigenvalue weighted by Crippen LogP contribution is 2.16. The molecule has 1 saturated heterocycles. The molecular formula is C13H16FN3O3. The summed E-state index contributed by atoms with van der Waals surface area (Å²) >= 11 is 0. The monoisotopic (exact) mass is 281 g/mol. The second-order valence-electron chi connectivity index (χ2n) is 4.78. The van der Waals surface area contributed by atoms with Gasteiger partial charge in [0.25, 0.3) is 11.6 Å². The van der Waals surface area contributed by atoms with Crippen molar-refractivity contribution >= 4 is 11.6 Å². The number of nitro groups is 1. The molecule has 1 unspecified atom stereocenters. The number of hydrogen-bond donors (Lipinski definition) is 2. The predicted octanol–water partition coefficient (Wildman–Crippen LogP) is 1.61. The molecule has 1 fully saturated rings. The summed E-state index contributed by atoms with van der Waals surface area (Å²) in [7, 11) is 0. The van der Waals surface area contributed by atoms with Crippen LogP contribution in [0.25, 0.3) is 0 Å². The van der Waals surface area contributed by atoms with E-state index in [1.165, 1.54) is 0 Å². The van der Waals surface area contributed by atoms with E-state index in [1.54, 1.807) is 0 Å². The summed E-state index contributed by atoms with van der Waals surface area (Å²) < 4.78 is 13.5. The van der Waals surface area contributed by atoms with Gasteiger partial charge >= 0.3 is 0 Å². The summed E-state index contributed by atoms with van der Waals surface area (Å²) in [5.74, 6) is -1.39. The number of rotatable bonds is 4. The first-order chi connectivity index (χ1) is 9.58. The van der Waals surface area contributed by atoms with Crippen LogP contribution in [0.15, 0.2) is 18.2 Å². The van der Waals surface area contributed by atoms with Crippen LogP contribution in [0.1, 0.15) is 29.6 Å². The third kappa shape index (κ3) is 3.51. The van der Waals surface area contributed by atoms with Crippen molar-refractivity contribution in [2.24, 2.45) is 0 Å². The zero-order chi connectivity index (χ0) is 14.5. The van der Waals surface area contributed by atoms with Crippen molar-refractivity contribution in [2.45, 2.75) is 25.3 Å². The van der Waals surface area contributed by atoms with Gasteiger partial charge in [-0.25, -0.2) is 4.39 Å².